The van der Waals surface area contributed by atoms with Crippen molar-refractivity contribution < 1.29 is 19.1 Å². The molecule has 0 unspecified atom stereocenters. The molecule has 2 aromatic carbocycles. The summed E-state index contributed by atoms with van der Waals surface area (Å²) in [4.78, 5) is 37.3. The Morgan fingerprint density at radius 2 is 1.61 bits per heavy atom. The molecule has 0 heterocycles. The third-order valence-corrected chi connectivity index (χ3v) is 5.74. The minimum absolute atomic E-state index is 0.0598. The van der Waals surface area contributed by atoms with Gasteiger partial charge in [-0.3, -0.25) is 14.4 Å². The lowest BCUT2D eigenvalue weighted by atomic mass is 9.86. The second kappa shape index (κ2) is 11.3. The van der Waals surface area contributed by atoms with Crippen LogP contribution in [0.2, 0.25) is 0 Å². The van der Waals surface area contributed by atoms with Crippen molar-refractivity contribution >= 4 is 17.8 Å². The molecule has 0 radical (unpaired) electrons. The Bertz CT molecular complexity index is 870. The van der Waals surface area contributed by atoms with Crippen molar-refractivity contribution in [1.29, 1.82) is 0 Å². The Morgan fingerprint density at radius 1 is 0.968 bits per heavy atom. The predicted molar refractivity (Wildman–Crippen MR) is 118 cm³/mol. The van der Waals surface area contributed by atoms with Gasteiger partial charge in [0.2, 0.25) is 0 Å². The summed E-state index contributed by atoms with van der Waals surface area (Å²) in [6.45, 7) is 1.83. The molecule has 1 aliphatic carbocycles. The maximum absolute atomic E-state index is 12.6. The van der Waals surface area contributed by atoms with Crippen LogP contribution in [0.15, 0.2) is 60.7 Å². The van der Waals surface area contributed by atoms with E-state index in [0.717, 1.165) is 24.8 Å². The Morgan fingerprint density at radius 3 is 2.29 bits per heavy atom. The van der Waals surface area contributed by atoms with E-state index in [2.05, 4.69) is 17.6 Å². The van der Waals surface area contributed by atoms with Crippen molar-refractivity contribution in [2.75, 3.05) is 6.61 Å². The maximum Gasteiger partial charge on any atom is 0.308 e. The summed E-state index contributed by atoms with van der Waals surface area (Å²) in [5.41, 5.74) is 1.31. The van der Waals surface area contributed by atoms with Crippen LogP contribution in [0.4, 0.5) is 0 Å². The molecule has 3 rings (SSSR count). The molecule has 3 atom stereocenters. The van der Waals surface area contributed by atoms with E-state index in [4.69, 9.17) is 4.74 Å². The monoisotopic (exact) mass is 422 g/mol. The first-order chi connectivity index (χ1) is 15.0. The third kappa shape index (κ3) is 6.95. The Kier molecular flexibility index (Phi) is 8.21. The van der Waals surface area contributed by atoms with Crippen LogP contribution in [0.25, 0.3) is 0 Å². The number of carbonyl (C=O) groups is 3. The number of esters is 1. The van der Waals surface area contributed by atoms with Crippen LogP contribution in [0.5, 0.6) is 0 Å². The number of carbonyl (C=O) groups excluding carboxylic acids is 3. The molecular weight excluding hydrogens is 392 g/mol. The molecule has 164 valence electrons. The fraction of sp³-hybridized carbons (Fsp3) is 0.400. The molecule has 2 N–H and O–H groups in total. The quantitative estimate of drug-likeness (QED) is 0.634. The van der Waals surface area contributed by atoms with E-state index in [0.29, 0.717) is 11.5 Å². The summed E-state index contributed by atoms with van der Waals surface area (Å²) in [5, 5.41) is 5.88. The Balaban J connectivity index is 1.55. The van der Waals surface area contributed by atoms with Gasteiger partial charge in [0, 0.05) is 11.6 Å². The summed E-state index contributed by atoms with van der Waals surface area (Å²) in [5.74, 6) is -0.652. The van der Waals surface area contributed by atoms with Crippen molar-refractivity contribution in [3.8, 4) is 0 Å². The largest absolute Gasteiger partial charge is 0.456 e. The lowest BCUT2D eigenvalue weighted by Crippen LogP contribution is -2.43. The second-order valence-electron chi connectivity index (χ2n) is 8.10. The fourth-order valence-corrected chi connectivity index (χ4v) is 3.92. The highest BCUT2D eigenvalue weighted by Crippen LogP contribution is 2.23. The van der Waals surface area contributed by atoms with Crippen LogP contribution < -0.4 is 10.6 Å². The highest BCUT2D eigenvalue weighted by atomic mass is 16.5. The van der Waals surface area contributed by atoms with Gasteiger partial charge >= 0.3 is 5.97 Å². The topological polar surface area (TPSA) is 84.5 Å². The number of hydrogen-bond donors (Lipinski definition) is 2. The van der Waals surface area contributed by atoms with E-state index < -0.39 is 12.0 Å². The molecule has 6 nitrogen and oxygen atoms in total. The van der Waals surface area contributed by atoms with Gasteiger partial charge in [-0.15, -0.1) is 0 Å². The summed E-state index contributed by atoms with van der Waals surface area (Å²) >= 11 is 0. The molecule has 1 fully saturated rings. The lowest BCUT2D eigenvalue weighted by Gasteiger charge is -2.29. The van der Waals surface area contributed by atoms with Crippen molar-refractivity contribution in [2.24, 2.45) is 5.92 Å². The van der Waals surface area contributed by atoms with Gasteiger partial charge in [0.25, 0.3) is 11.8 Å². The zero-order chi connectivity index (χ0) is 22.1. The standard InChI is InChI=1S/C25H30N2O4/c1-18-10-8-9-15-21(18)26-23(28)17-31-24(29)16-22(19-11-4-2-5-12-19)27-25(30)20-13-6-3-7-14-20/h2-7,11-14,18,21-22H,8-10,15-17H2,1H3,(H,26,28)(H,27,30)/t18-,21-,22+/m0/s1. The third-order valence-electron chi connectivity index (χ3n) is 5.74. The van der Waals surface area contributed by atoms with Crippen molar-refractivity contribution in [3.05, 3.63) is 71.8 Å². The van der Waals surface area contributed by atoms with Gasteiger partial charge in [0.05, 0.1) is 12.5 Å². The van der Waals surface area contributed by atoms with Crippen molar-refractivity contribution in [2.45, 2.75) is 51.1 Å². The van der Waals surface area contributed by atoms with E-state index in [9.17, 15) is 14.4 Å². The maximum atomic E-state index is 12.6. The van der Waals surface area contributed by atoms with Gasteiger partial charge in [0.1, 0.15) is 0 Å². The number of benzene rings is 2. The van der Waals surface area contributed by atoms with E-state index in [1.54, 1.807) is 24.3 Å². The van der Waals surface area contributed by atoms with Gasteiger partial charge in [-0.05, 0) is 36.5 Å². The molecule has 0 aliphatic heterocycles. The van der Waals surface area contributed by atoms with Gasteiger partial charge in [-0.1, -0.05) is 68.3 Å². The molecular formula is C25H30N2O4. The molecule has 31 heavy (non-hydrogen) atoms. The highest BCUT2D eigenvalue weighted by Gasteiger charge is 2.24. The molecule has 0 spiro atoms. The number of rotatable bonds is 8. The molecule has 0 bridgehead atoms. The Hall–Kier alpha value is -3.15. The molecule has 1 saturated carbocycles. The molecule has 1 aliphatic rings. The van der Waals surface area contributed by atoms with Gasteiger partial charge in [-0.25, -0.2) is 0 Å². The van der Waals surface area contributed by atoms with Crippen LogP contribution in [0.1, 0.15) is 61.0 Å². The molecule has 2 amide bonds. The van der Waals surface area contributed by atoms with E-state index >= 15 is 0 Å². The van der Waals surface area contributed by atoms with Crippen LogP contribution in [0, 0.1) is 5.92 Å². The van der Waals surface area contributed by atoms with Crippen LogP contribution in [-0.4, -0.2) is 30.4 Å². The normalized spacial score (nSPS) is 19.1. The number of amides is 2. The second-order valence-corrected chi connectivity index (χ2v) is 8.10. The first kappa shape index (κ1) is 22.5. The number of ether oxygens (including phenoxy) is 1. The average Bonchev–Trinajstić information content (AvgIpc) is 2.80. The molecule has 6 heteroatoms. The molecule has 2 aromatic rings. The van der Waals surface area contributed by atoms with Crippen LogP contribution in [-0.2, 0) is 14.3 Å². The molecule has 0 aromatic heterocycles. The number of hydrogen-bond acceptors (Lipinski definition) is 4. The lowest BCUT2D eigenvalue weighted by molar-refractivity contribution is -0.149. The smallest absolute Gasteiger partial charge is 0.308 e. The summed E-state index contributed by atoms with van der Waals surface area (Å²) in [7, 11) is 0. The van der Waals surface area contributed by atoms with E-state index in [-0.39, 0.29) is 30.9 Å². The zero-order valence-electron chi connectivity index (χ0n) is 17.9. The molecule has 0 saturated heterocycles. The SMILES string of the molecule is C[C@H]1CCCC[C@@H]1NC(=O)COC(=O)C[C@@H](NC(=O)c1ccccc1)c1ccccc1. The van der Waals surface area contributed by atoms with Gasteiger partial charge in [-0.2, -0.15) is 0 Å². The first-order valence-corrected chi connectivity index (χ1v) is 10.9. The minimum Gasteiger partial charge on any atom is -0.456 e. The van der Waals surface area contributed by atoms with Crippen LogP contribution >= 0.6 is 0 Å². The predicted octanol–water partition coefficient (Wildman–Crippen LogP) is 3.79. The Labute approximate surface area is 183 Å². The van der Waals surface area contributed by atoms with E-state index in [1.165, 1.54) is 6.42 Å². The summed E-state index contributed by atoms with van der Waals surface area (Å²) in [6.07, 6.45) is 4.30. The first-order valence-electron chi connectivity index (χ1n) is 10.9. The summed E-state index contributed by atoms with van der Waals surface area (Å²) in [6, 6.07) is 17.7. The van der Waals surface area contributed by atoms with Crippen molar-refractivity contribution in [3.63, 3.8) is 0 Å². The average molecular weight is 423 g/mol. The van der Waals surface area contributed by atoms with E-state index in [1.807, 2.05) is 36.4 Å². The van der Waals surface area contributed by atoms with Crippen molar-refractivity contribution in [1.82, 2.24) is 10.6 Å². The minimum atomic E-state index is -0.553. The fourth-order valence-electron chi connectivity index (χ4n) is 3.92. The van der Waals surface area contributed by atoms with Gasteiger partial charge in [0.15, 0.2) is 6.61 Å². The van der Waals surface area contributed by atoms with Gasteiger partial charge < -0.3 is 15.4 Å². The zero-order valence-corrected chi connectivity index (χ0v) is 17.9. The highest BCUT2D eigenvalue weighted by molar-refractivity contribution is 5.94. The van der Waals surface area contributed by atoms with Crippen LogP contribution in [0.3, 0.4) is 0 Å². The summed E-state index contributed by atoms with van der Waals surface area (Å²) < 4.78 is 5.22. The number of nitrogens with one attached hydrogen (secondary N) is 2.